The quantitative estimate of drug-likeness (QED) is 0.844. The predicted octanol–water partition coefficient (Wildman–Crippen LogP) is 4.19. The zero-order valence-corrected chi connectivity index (χ0v) is 12.3. The van der Waals surface area contributed by atoms with E-state index >= 15 is 0 Å². The van der Waals surface area contributed by atoms with Crippen LogP contribution in [-0.2, 0) is 16.0 Å². The van der Waals surface area contributed by atoms with Gasteiger partial charge in [0.1, 0.15) is 0 Å². The molecule has 0 fully saturated rings. The van der Waals surface area contributed by atoms with Crippen LogP contribution in [0.1, 0.15) is 11.1 Å². The molecule has 0 radical (unpaired) electrons. The lowest BCUT2D eigenvalue weighted by Gasteiger charge is -2.10. The Morgan fingerprint density at radius 2 is 1.50 bits per heavy atom. The van der Waals surface area contributed by atoms with Gasteiger partial charge in [0.25, 0.3) is 0 Å². The van der Waals surface area contributed by atoms with Gasteiger partial charge >= 0.3 is 6.18 Å². The molecule has 0 heterocycles. The average Bonchev–Trinajstić information content (AvgIpc) is 2.47. The third-order valence-electron chi connectivity index (χ3n) is 3.09. The van der Waals surface area contributed by atoms with Crippen LogP contribution in [-0.4, -0.2) is 14.2 Å². The molecule has 6 heteroatoms. The molecule has 0 atom stereocenters. The van der Waals surface area contributed by atoms with Gasteiger partial charge in [-0.25, -0.2) is 8.42 Å². The van der Waals surface area contributed by atoms with Crippen LogP contribution in [0.4, 0.5) is 13.2 Å². The minimum absolute atomic E-state index is 0.155. The van der Waals surface area contributed by atoms with Crippen LogP contribution >= 0.6 is 0 Å². The maximum atomic E-state index is 12.5. The molecular weight excluding hydrogens is 313 g/mol. The summed E-state index contributed by atoms with van der Waals surface area (Å²) in [5.41, 5.74) is 0.187. The minimum Gasteiger partial charge on any atom is -0.223 e. The van der Waals surface area contributed by atoms with Gasteiger partial charge in [-0.3, -0.25) is 0 Å². The lowest BCUT2D eigenvalue weighted by molar-refractivity contribution is -0.137. The Morgan fingerprint density at radius 3 is 2.00 bits per heavy atom. The first kappa shape index (κ1) is 16.3. The van der Waals surface area contributed by atoms with E-state index in [1.54, 1.807) is 30.3 Å². The Morgan fingerprint density at radius 1 is 0.955 bits per heavy atom. The molecule has 2 nitrogen and oxygen atoms in total. The highest BCUT2D eigenvalue weighted by Crippen LogP contribution is 2.30. The monoisotopic (exact) mass is 326 g/mol. The Labute approximate surface area is 126 Å². The van der Waals surface area contributed by atoms with Gasteiger partial charge in [-0.05, 0) is 35.4 Å². The van der Waals surface area contributed by atoms with Crippen molar-refractivity contribution in [1.29, 1.82) is 0 Å². The molecule has 0 aromatic heterocycles. The first-order valence-corrected chi connectivity index (χ1v) is 7.98. The topological polar surface area (TPSA) is 34.1 Å². The van der Waals surface area contributed by atoms with E-state index in [1.165, 1.54) is 0 Å². The molecule has 0 N–H and O–H groups in total. The summed E-state index contributed by atoms with van der Waals surface area (Å²) >= 11 is 0. The van der Waals surface area contributed by atoms with E-state index in [9.17, 15) is 21.6 Å². The smallest absolute Gasteiger partial charge is 0.223 e. The van der Waals surface area contributed by atoms with Crippen molar-refractivity contribution in [3.63, 3.8) is 0 Å². The van der Waals surface area contributed by atoms with Gasteiger partial charge in [0.15, 0.2) is 9.84 Å². The number of benzene rings is 2. The van der Waals surface area contributed by atoms with Crippen molar-refractivity contribution in [1.82, 2.24) is 0 Å². The van der Waals surface area contributed by atoms with E-state index in [-0.39, 0.29) is 10.6 Å². The predicted molar refractivity (Wildman–Crippen MR) is 79.0 cm³/mol. The number of rotatable bonds is 4. The standard InChI is InChI=1S/C16H13F3O2S/c1-12(13-5-3-2-4-6-13)11-22(20,21)15-9-7-14(8-10-15)16(17,18)19/h2-10H,1,11H2. The van der Waals surface area contributed by atoms with E-state index in [0.29, 0.717) is 11.1 Å². The first-order chi connectivity index (χ1) is 10.2. The number of alkyl halides is 3. The molecule has 0 aliphatic carbocycles. The maximum absolute atomic E-state index is 12.5. The van der Waals surface area contributed by atoms with Crippen LogP contribution in [0.2, 0.25) is 0 Å². The van der Waals surface area contributed by atoms with Gasteiger partial charge in [0.2, 0.25) is 0 Å². The molecule has 0 amide bonds. The molecule has 0 bridgehead atoms. The van der Waals surface area contributed by atoms with Crippen LogP contribution < -0.4 is 0 Å². The highest BCUT2D eigenvalue weighted by Gasteiger charge is 2.30. The summed E-state index contributed by atoms with van der Waals surface area (Å²) in [5.74, 6) is -0.345. The third kappa shape index (κ3) is 3.76. The van der Waals surface area contributed by atoms with Crippen molar-refractivity contribution in [2.45, 2.75) is 11.1 Å². The lowest BCUT2D eigenvalue weighted by Crippen LogP contribution is -2.10. The highest BCUT2D eigenvalue weighted by molar-refractivity contribution is 7.91. The lowest BCUT2D eigenvalue weighted by atomic mass is 10.1. The fourth-order valence-corrected chi connectivity index (χ4v) is 3.26. The van der Waals surface area contributed by atoms with Crippen molar-refractivity contribution in [3.8, 4) is 0 Å². The largest absolute Gasteiger partial charge is 0.416 e. The van der Waals surface area contributed by atoms with Crippen molar-refractivity contribution >= 4 is 15.4 Å². The van der Waals surface area contributed by atoms with Crippen LogP contribution in [0.3, 0.4) is 0 Å². The summed E-state index contributed by atoms with van der Waals surface area (Å²) in [6.07, 6.45) is -4.49. The van der Waals surface area contributed by atoms with Gasteiger partial charge < -0.3 is 0 Å². The minimum atomic E-state index is -4.49. The molecule has 0 aliphatic rings. The molecular formula is C16H13F3O2S. The Balaban J connectivity index is 2.22. The van der Waals surface area contributed by atoms with Crippen LogP contribution in [0.5, 0.6) is 0 Å². The van der Waals surface area contributed by atoms with Crippen molar-refractivity contribution in [3.05, 3.63) is 72.3 Å². The van der Waals surface area contributed by atoms with E-state index in [1.807, 2.05) is 0 Å². The fourth-order valence-electron chi connectivity index (χ4n) is 1.92. The average molecular weight is 326 g/mol. The normalized spacial score (nSPS) is 12.1. The molecule has 2 rings (SSSR count). The third-order valence-corrected chi connectivity index (χ3v) is 4.81. The van der Waals surface area contributed by atoms with Gasteiger partial charge in [-0.1, -0.05) is 36.9 Å². The van der Waals surface area contributed by atoms with Crippen LogP contribution in [0.15, 0.2) is 66.1 Å². The zero-order valence-electron chi connectivity index (χ0n) is 11.5. The molecule has 0 saturated heterocycles. The van der Waals surface area contributed by atoms with Crippen molar-refractivity contribution < 1.29 is 21.6 Å². The Hall–Kier alpha value is -2.08. The number of hydrogen-bond donors (Lipinski definition) is 0. The van der Waals surface area contributed by atoms with E-state index < -0.39 is 21.6 Å². The SMILES string of the molecule is C=C(CS(=O)(=O)c1ccc(C(F)(F)F)cc1)c1ccccc1. The molecule has 0 unspecified atom stereocenters. The summed E-state index contributed by atoms with van der Waals surface area (Å²) < 4.78 is 61.9. The summed E-state index contributed by atoms with van der Waals surface area (Å²) in [4.78, 5) is -0.155. The molecule has 116 valence electrons. The zero-order chi connectivity index (χ0) is 16.4. The summed E-state index contributed by atoms with van der Waals surface area (Å²) in [6, 6.07) is 12.2. The fraction of sp³-hybridized carbons (Fsp3) is 0.125. The molecule has 2 aromatic rings. The van der Waals surface area contributed by atoms with Gasteiger partial charge in [-0.2, -0.15) is 13.2 Å². The van der Waals surface area contributed by atoms with E-state index in [2.05, 4.69) is 6.58 Å². The summed E-state index contributed by atoms with van der Waals surface area (Å²) in [5, 5.41) is 0. The number of halogens is 3. The van der Waals surface area contributed by atoms with Gasteiger partial charge in [0.05, 0.1) is 16.2 Å². The first-order valence-electron chi connectivity index (χ1n) is 6.33. The Bertz CT molecular complexity index is 761. The number of hydrogen-bond acceptors (Lipinski definition) is 2. The second-order valence-electron chi connectivity index (χ2n) is 4.75. The van der Waals surface area contributed by atoms with E-state index in [0.717, 1.165) is 24.3 Å². The molecule has 0 saturated carbocycles. The molecule has 0 aliphatic heterocycles. The Kier molecular flexibility index (Phi) is 4.42. The van der Waals surface area contributed by atoms with Crippen molar-refractivity contribution in [2.24, 2.45) is 0 Å². The van der Waals surface area contributed by atoms with Gasteiger partial charge in [-0.15, -0.1) is 0 Å². The second kappa shape index (κ2) is 5.96. The molecule has 0 spiro atoms. The van der Waals surface area contributed by atoms with Crippen LogP contribution in [0.25, 0.3) is 5.57 Å². The van der Waals surface area contributed by atoms with Gasteiger partial charge in [0, 0.05) is 0 Å². The van der Waals surface area contributed by atoms with Crippen molar-refractivity contribution in [2.75, 3.05) is 5.75 Å². The summed E-state index contributed by atoms with van der Waals surface area (Å²) in [6.45, 7) is 3.73. The number of sulfone groups is 1. The highest BCUT2D eigenvalue weighted by atomic mass is 32.2. The molecule has 22 heavy (non-hydrogen) atoms. The van der Waals surface area contributed by atoms with E-state index in [4.69, 9.17) is 0 Å². The second-order valence-corrected chi connectivity index (χ2v) is 6.74. The summed E-state index contributed by atoms with van der Waals surface area (Å²) in [7, 11) is -3.74. The maximum Gasteiger partial charge on any atom is 0.416 e. The van der Waals surface area contributed by atoms with Crippen LogP contribution in [0, 0.1) is 0 Å². The molecule has 2 aromatic carbocycles.